The Bertz CT molecular complexity index is 736. The fourth-order valence-corrected chi connectivity index (χ4v) is 4.11. The molecule has 0 saturated carbocycles. The van der Waals surface area contributed by atoms with Crippen LogP contribution in [0, 0.1) is 0 Å². The summed E-state index contributed by atoms with van der Waals surface area (Å²) in [6, 6.07) is 5.25. The van der Waals surface area contributed by atoms with Gasteiger partial charge in [0, 0.05) is 11.7 Å². The number of sulfonamides is 1. The molecule has 7 nitrogen and oxygen atoms in total. The van der Waals surface area contributed by atoms with Crippen LogP contribution in [0.5, 0.6) is 0 Å². The van der Waals surface area contributed by atoms with Gasteiger partial charge in [-0.2, -0.15) is 0 Å². The lowest BCUT2D eigenvalue weighted by molar-refractivity contribution is 0.417. The Morgan fingerprint density at radius 3 is 2.71 bits per heavy atom. The molecule has 0 aliphatic rings. The lowest BCUT2D eigenvalue weighted by Gasteiger charge is -2.25. The van der Waals surface area contributed by atoms with Crippen molar-refractivity contribution < 1.29 is 8.42 Å². The number of hydrazine groups is 1. The van der Waals surface area contributed by atoms with Gasteiger partial charge >= 0.3 is 0 Å². The number of hydrogen-bond donors (Lipinski definition) is 3. The first-order valence-electron chi connectivity index (χ1n) is 6.78. The second kappa shape index (κ2) is 5.63. The van der Waals surface area contributed by atoms with Crippen LogP contribution in [0.1, 0.15) is 33.6 Å². The molecule has 0 atom stereocenters. The van der Waals surface area contributed by atoms with Gasteiger partial charge in [0.1, 0.15) is 5.65 Å². The molecule has 0 aromatic carbocycles. The average Bonchev–Trinajstić information content (AvgIpc) is 2.76. The summed E-state index contributed by atoms with van der Waals surface area (Å²) in [6.45, 7) is 5.72. The minimum Gasteiger partial charge on any atom is -0.306 e. The first-order valence-corrected chi connectivity index (χ1v) is 8.27. The second-order valence-electron chi connectivity index (χ2n) is 5.58. The number of aromatic nitrogens is 2. The molecule has 0 fully saturated rings. The Hall–Kier alpha value is -1.64. The van der Waals surface area contributed by atoms with Gasteiger partial charge in [-0.15, -0.1) is 0 Å². The molecule has 0 saturated heterocycles. The Balaban J connectivity index is 2.54. The Kier molecular flexibility index (Phi) is 4.22. The van der Waals surface area contributed by atoms with E-state index in [0.717, 1.165) is 12.8 Å². The van der Waals surface area contributed by atoms with Crippen molar-refractivity contribution in [2.75, 3.05) is 5.43 Å². The Labute approximate surface area is 124 Å². The molecule has 4 N–H and O–H groups in total. The van der Waals surface area contributed by atoms with Crippen LogP contribution >= 0.6 is 0 Å². The highest BCUT2D eigenvalue weighted by molar-refractivity contribution is 7.89. The average molecular weight is 311 g/mol. The molecule has 2 aromatic rings. The third-order valence-electron chi connectivity index (χ3n) is 3.16. The van der Waals surface area contributed by atoms with Gasteiger partial charge in [0.15, 0.2) is 10.8 Å². The minimum atomic E-state index is -3.76. The molecule has 0 spiro atoms. The number of nitrogens with zero attached hydrogens (tertiary/aromatic N) is 2. The zero-order chi connectivity index (χ0) is 15.7. The van der Waals surface area contributed by atoms with Crippen molar-refractivity contribution in [3.63, 3.8) is 0 Å². The van der Waals surface area contributed by atoms with Gasteiger partial charge < -0.3 is 5.43 Å². The van der Waals surface area contributed by atoms with E-state index in [9.17, 15) is 8.42 Å². The lowest BCUT2D eigenvalue weighted by atomic mass is 10.0. The van der Waals surface area contributed by atoms with Crippen molar-refractivity contribution >= 4 is 21.5 Å². The normalized spacial score (nSPS) is 12.8. The van der Waals surface area contributed by atoms with Gasteiger partial charge in [-0.3, -0.25) is 4.40 Å². The summed E-state index contributed by atoms with van der Waals surface area (Å²) in [5, 5.41) is 0.0183. The van der Waals surface area contributed by atoms with Crippen molar-refractivity contribution in [1.29, 1.82) is 0 Å². The zero-order valence-electron chi connectivity index (χ0n) is 12.4. The smallest absolute Gasteiger partial charge is 0.260 e. The third-order valence-corrected chi connectivity index (χ3v) is 4.88. The minimum absolute atomic E-state index is 0.0183. The molecule has 0 bridgehead atoms. The summed E-state index contributed by atoms with van der Waals surface area (Å²) in [5.41, 5.74) is 2.33. The van der Waals surface area contributed by atoms with Crippen LogP contribution in [0.3, 0.4) is 0 Å². The first kappa shape index (κ1) is 15.7. The van der Waals surface area contributed by atoms with Crippen molar-refractivity contribution in [1.82, 2.24) is 14.1 Å². The fourth-order valence-electron chi connectivity index (χ4n) is 2.41. The van der Waals surface area contributed by atoms with Gasteiger partial charge in [-0.1, -0.05) is 19.4 Å². The van der Waals surface area contributed by atoms with Crippen molar-refractivity contribution in [3.8, 4) is 0 Å². The Morgan fingerprint density at radius 2 is 2.10 bits per heavy atom. The lowest BCUT2D eigenvalue weighted by Crippen LogP contribution is -2.43. The molecule has 0 unspecified atom stereocenters. The number of anilines is 1. The van der Waals surface area contributed by atoms with E-state index in [2.05, 4.69) is 15.1 Å². The number of pyridine rings is 1. The number of nitrogen functional groups attached to an aromatic ring is 1. The van der Waals surface area contributed by atoms with Gasteiger partial charge in [0.25, 0.3) is 10.0 Å². The molecule has 0 radical (unpaired) electrons. The summed E-state index contributed by atoms with van der Waals surface area (Å²) in [5.74, 6) is 5.54. The molecule has 2 heterocycles. The molecule has 0 amide bonds. The van der Waals surface area contributed by atoms with E-state index in [4.69, 9.17) is 5.84 Å². The van der Waals surface area contributed by atoms with Crippen molar-refractivity contribution in [3.05, 3.63) is 24.4 Å². The van der Waals surface area contributed by atoms with Gasteiger partial charge in [0.2, 0.25) is 0 Å². The van der Waals surface area contributed by atoms with Crippen LogP contribution in [0.2, 0.25) is 0 Å². The van der Waals surface area contributed by atoms with Crippen LogP contribution in [-0.4, -0.2) is 23.3 Å². The molecule has 21 heavy (non-hydrogen) atoms. The molecule has 0 aliphatic carbocycles. The van der Waals surface area contributed by atoms with Crippen LogP contribution in [0.15, 0.2) is 29.4 Å². The van der Waals surface area contributed by atoms with E-state index in [1.165, 1.54) is 4.40 Å². The predicted octanol–water partition coefficient (Wildman–Crippen LogP) is 1.48. The SMILES string of the molecule is CCCC(C)(C)NS(=O)(=O)c1c(NN)nc2ccccn12. The maximum atomic E-state index is 12.7. The van der Waals surface area contributed by atoms with E-state index < -0.39 is 15.6 Å². The highest BCUT2D eigenvalue weighted by Crippen LogP contribution is 2.24. The topological polar surface area (TPSA) is 102 Å². The number of hydrogen-bond acceptors (Lipinski definition) is 5. The zero-order valence-corrected chi connectivity index (χ0v) is 13.2. The fraction of sp³-hybridized carbons (Fsp3) is 0.462. The summed E-state index contributed by atoms with van der Waals surface area (Å²) >= 11 is 0. The predicted molar refractivity (Wildman–Crippen MR) is 82.3 cm³/mol. The Morgan fingerprint density at radius 1 is 1.38 bits per heavy atom. The monoisotopic (exact) mass is 311 g/mol. The van der Waals surface area contributed by atoms with E-state index in [-0.39, 0.29) is 10.8 Å². The summed E-state index contributed by atoms with van der Waals surface area (Å²) in [7, 11) is -3.76. The highest BCUT2D eigenvalue weighted by atomic mass is 32.2. The molecule has 116 valence electrons. The molecule has 8 heteroatoms. The first-order chi connectivity index (χ1) is 9.80. The van der Waals surface area contributed by atoms with Gasteiger partial charge in [-0.05, 0) is 32.4 Å². The molecule has 0 aliphatic heterocycles. The summed E-state index contributed by atoms with van der Waals surface area (Å²) in [6.07, 6.45) is 3.25. The highest BCUT2D eigenvalue weighted by Gasteiger charge is 2.30. The molecular weight excluding hydrogens is 290 g/mol. The largest absolute Gasteiger partial charge is 0.306 e. The maximum Gasteiger partial charge on any atom is 0.260 e. The molecular formula is C13H21N5O2S. The van der Waals surface area contributed by atoms with Gasteiger partial charge in [-0.25, -0.2) is 24.0 Å². The number of imidazole rings is 1. The summed E-state index contributed by atoms with van der Waals surface area (Å²) in [4.78, 5) is 4.18. The van der Waals surface area contributed by atoms with Crippen LogP contribution < -0.4 is 16.0 Å². The van der Waals surface area contributed by atoms with Crippen LogP contribution in [0.4, 0.5) is 5.82 Å². The van der Waals surface area contributed by atoms with Crippen LogP contribution in [0.25, 0.3) is 5.65 Å². The van der Waals surface area contributed by atoms with Crippen LogP contribution in [-0.2, 0) is 10.0 Å². The number of nitrogens with two attached hydrogens (primary N) is 1. The molecule has 2 aromatic heterocycles. The third kappa shape index (κ3) is 3.17. The summed E-state index contributed by atoms with van der Waals surface area (Å²) < 4.78 is 29.6. The maximum absolute atomic E-state index is 12.7. The van der Waals surface area contributed by atoms with Gasteiger partial charge in [0.05, 0.1) is 0 Å². The van der Waals surface area contributed by atoms with E-state index in [0.29, 0.717) is 5.65 Å². The number of nitrogens with one attached hydrogen (secondary N) is 2. The van der Waals surface area contributed by atoms with Crippen molar-refractivity contribution in [2.24, 2.45) is 5.84 Å². The standard InChI is InChI=1S/C13H21N5O2S/c1-4-8-13(2,3)17-21(19,20)12-11(16-14)15-10-7-5-6-9-18(10)12/h5-7,9,16-17H,4,8,14H2,1-3H3. The van der Waals surface area contributed by atoms with Crippen molar-refractivity contribution in [2.45, 2.75) is 44.2 Å². The molecule has 2 rings (SSSR count). The second-order valence-corrected chi connectivity index (χ2v) is 7.18. The van der Waals surface area contributed by atoms with E-state index in [1.807, 2.05) is 20.8 Å². The van der Waals surface area contributed by atoms with E-state index >= 15 is 0 Å². The number of fused-ring (bicyclic) bond motifs is 1. The van der Waals surface area contributed by atoms with E-state index in [1.54, 1.807) is 24.4 Å². The quantitative estimate of drug-likeness (QED) is 0.554. The number of rotatable bonds is 6.